The number of ketones is 1. The molecule has 9 rings (SSSR count). The van der Waals surface area contributed by atoms with Crippen LogP contribution >= 0.6 is 0 Å². The molecule has 0 spiro atoms. The highest BCUT2D eigenvalue weighted by atomic mass is 16.5. The fraction of sp³-hybridized carbons (Fsp3) is 0.373. The molecular weight excluding hydrogens is 675 g/mol. The van der Waals surface area contributed by atoms with Crippen LogP contribution in [0.3, 0.4) is 0 Å². The number of nitrogens with zero attached hydrogens (tertiary/aromatic N) is 1. The average molecular weight is 734 g/mol. The van der Waals surface area contributed by atoms with Crippen LogP contribution in [0.15, 0.2) is 128 Å². The lowest BCUT2D eigenvalue weighted by molar-refractivity contribution is -0.145. The van der Waals surface area contributed by atoms with Crippen molar-refractivity contribution in [3.63, 3.8) is 0 Å². The van der Waals surface area contributed by atoms with Crippen molar-refractivity contribution in [2.45, 2.75) is 90.6 Å². The molecule has 286 valence electrons. The summed E-state index contributed by atoms with van der Waals surface area (Å²) in [5.74, 6) is 4.67. The molecule has 1 aromatic heterocycles. The number of hydrogen-bond donors (Lipinski definition) is 0. The number of allylic oxidation sites excluding steroid dienone is 1. The Morgan fingerprint density at radius 2 is 1.31 bits per heavy atom. The van der Waals surface area contributed by atoms with E-state index in [1.165, 1.54) is 89.5 Å². The Kier molecular flexibility index (Phi) is 13.4. The van der Waals surface area contributed by atoms with Gasteiger partial charge in [0.05, 0.1) is 11.0 Å². The van der Waals surface area contributed by atoms with Crippen molar-refractivity contribution in [3.05, 3.63) is 134 Å². The topological polar surface area (TPSA) is 48.3 Å². The Balaban J connectivity index is 0.000000126. The molecule has 0 radical (unpaired) electrons. The molecule has 0 saturated heterocycles. The predicted molar refractivity (Wildman–Crippen MR) is 233 cm³/mol. The van der Waals surface area contributed by atoms with Gasteiger partial charge in [0, 0.05) is 29.0 Å². The molecule has 5 unspecified atom stereocenters. The second kappa shape index (κ2) is 18.6. The standard InChI is InChI=1S/C15H22O.C14H11N.C12H10.C10H16O2/c1-9(2)15(16)8-11-6-10-7-14(11)13-5-3-4-12(10)13;1-2-15-13-9-5-3-7-11(13)12-8-4-6-10-14(12)15;1-2-10-7-8-11-5-3-4-6-12(11)9-10;1-8(2)10(11)12-9-6-4-3-5-7-9/h10-14H,1,3-8H2,2H3;2-10H,1H2;2-9H,1H2;9H,1,3-7H2,2H3. The van der Waals surface area contributed by atoms with Crippen LogP contribution in [0.2, 0.25) is 0 Å². The normalized spacial score (nSPS) is 22.3. The quantitative estimate of drug-likeness (QED) is 0.124. The van der Waals surface area contributed by atoms with Gasteiger partial charge in [-0.25, -0.2) is 4.79 Å². The summed E-state index contributed by atoms with van der Waals surface area (Å²) in [6, 6.07) is 31.5. The number of benzene rings is 4. The number of fused-ring (bicyclic) bond motifs is 9. The van der Waals surface area contributed by atoms with Crippen LogP contribution < -0.4 is 0 Å². The zero-order chi connectivity index (χ0) is 38.9. The Hall–Kier alpha value is -4.96. The van der Waals surface area contributed by atoms with Gasteiger partial charge in [0.1, 0.15) is 6.10 Å². The van der Waals surface area contributed by atoms with Gasteiger partial charge in [-0.05, 0) is 135 Å². The third-order valence-corrected chi connectivity index (χ3v) is 12.5. The van der Waals surface area contributed by atoms with E-state index in [0.29, 0.717) is 17.3 Å². The van der Waals surface area contributed by atoms with Crippen molar-refractivity contribution >= 4 is 56.6 Å². The van der Waals surface area contributed by atoms with Gasteiger partial charge < -0.3 is 9.30 Å². The monoisotopic (exact) mass is 733 g/mol. The van der Waals surface area contributed by atoms with E-state index >= 15 is 0 Å². The molecule has 2 bridgehead atoms. The minimum atomic E-state index is -0.234. The number of carbonyl (C=O) groups excluding carboxylic acids is 2. The first-order valence-corrected chi connectivity index (χ1v) is 20.4. The third-order valence-electron chi connectivity index (χ3n) is 12.5. The molecule has 4 saturated carbocycles. The molecule has 5 aromatic rings. The van der Waals surface area contributed by atoms with Crippen LogP contribution in [0.25, 0.3) is 44.9 Å². The predicted octanol–water partition coefficient (Wildman–Crippen LogP) is 13.4. The van der Waals surface area contributed by atoms with E-state index < -0.39 is 0 Å². The largest absolute Gasteiger partial charge is 0.459 e. The van der Waals surface area contributed by atoms with Gasteiger partial charge in [-0.3, -0.25) is 4.79 Å². The van der Waals surface area contributed by atoms with Gasteiger partial charge in [-0.15, -0.1) is 0 Å². The lowest BCUT2D eigenvalue weighted by Gasteiger charge is -2.31. The van der Waals surface area contributed by atoms with Gasteiger partial charge in [0.2, 0.25) is 0 Å². The van der Waals surface area contributed by atoms with Crippen molar-refractivity contribution < 1.29 is 14.3 Å². The Labute approximate surface area is 328 Å². The molecule has 4 heteroatoms. The first kappa shape index (κ1) is 39.7. The second-order valence-corrected chi connectivity index (χ2v) is 16.2. The SMILES string of the molecule is C=C(C)C(=O)CC1CC2CC1C1CCCC21.C=C(C)C(=O)OC1CCCCC1.C=Cc1ccc2ccccc2c1.C=Cn1c2ccccc2c2ccccc21. The number of aromatic nitrogens is 1. The molecule has 4 aliphatic rings. The van der Waals surface area contributed by atoms with Crippen molar-refractivity contribution in [1.82, 2.24) is 4.57 Å². The van der Waals surface area contributed by atoms with Crippen molar-refractivity contribution in [2.24, 2.45) is 29.6 Å². The Morgan fingerprint density at radius 1 is 0.691 bits per heavy atom. The van der Waals surface area contributed by atoms with Gasteiger partial charge in [-0.1, -0.05) is 118 Å². The van der Waals surface area contributed by atoms with E-state index in [-0.39, 0.29) is 12.1 Å². The molecule has 0 N–H and O–H groups in total. The smallest absolute Gasteiger partial charge is 0.333 e. The lowest BCUT2D eigenvalue weighted by atomic mass is 9.74. The summed E-state index contributed by atoms with van der Waals surface area (Å²) in [7, 11) is 0. The molecule has 4 aromatic carbocycles. The van der Waals surface area contributed by atoms with Gasteiger partial charge in [0.25, 0.3) is 0 Å². The van der Waals surface area contributed by atoms with Crippen molar-refractivity contribution in [1.29, 1.82) is 0 Å². The van der Waals surface area contributed by atoms with Crippen LogP contribution in [-0.4, -0.2) is 22.4 Å². The summed E-state index contributed by atoms with van der Waals surface area (Å²) in [5, 5.41) is 5.12. The summed E-state index contributed by atoms with van der Waals surface area (Å²) in [6.45, 7) is 18.5. The highest BCUT2D eigenvalue weighted by molar-refractivity contribution is 6.09. The maximum Gasteiger partial charge on any atom is 0.333 e. The highest BCUT2D eigenvalue weighted by Gasteiger charge is 2.53. The molecule has 55 heavy (non-hydrogen) atoms. The van der Waals surface area contributed by atoms with Crippen molar-refractivity contribution in [3.8, 4) is 0 Å². The summed E-state index contributed by atoms with van der Waals surface area (Å²) in [6.07, 6.45) is 17.5. The number of carbonyl (C=O) groups is 2. The number of rotatable bonds is 7. The molecule has 0 amide bonds. The van der Waals surface area contributed by atoms with Crippen molar-refractivity contribution in [2.75, 3.05) is 0 Å². The third kappa shape index (κ3) is 9.47. The minimum absolute atomic E-state index is 0.156. The average Bonchev–Trinajstić information content (AvgIpc) is 4.00. The maximum absolute atomic E-state index is 11.8. The maximum atomic E-state index is 11.8. The first-order valence-electron chi connectivity index (χ1n) is 20.4. The molecule has 4 aliphatic carbocycles. The summed E-state index contributed by atoms with van der Waals surface area (Å²) >= 11 is 0. The molecule has 1 heterocycles. The van der Waals surface area contributed by atoms with E-state index in [1.807, 2.05) is 19.2 Å². The number of para-hydroxylation sites is 2. The van der Waals surface area contributed by atoms with Crippen LogP contribution in [0.4, 0.5) is 0 Å². The van der Waals surface area contributed by atoms with E-state index in [9.17, 15) is 9.59 Å². The molecule has 0 aliphatic heterocycles. The zero-order valence-corrected chi connectivity index (χ0v) is 33.1. The lowest BCUT2D eigenvalue weighted by Crippen LogP contribution is -2.26. The Morgan fingerprint density at radius 3 is 1.93 bits per heavy atom. The van der Waals surface area contributed by atoms with E-state index in [2.05, 4.69) is 122 Å². The van der Waals surface area contributed by atoms with Crippen LogP contribution in [0.1, 0.15) is 90.0 Å². The summed E-state index contributed by atoms with van der Waals surface area (Å²) in [5.41, 5.74) is 4.86. The zero-order valence-electron chi connectivity index (χ0n) is 33.1. The number of Topliss-reactive ketones (excluding diaryl/α,β-unsaturated/α-hetero) is 1. The van der Waals surface area contributed by atoms with E-state index in [0.717, 1.165) is 48.5 Å². The number of esters is 1. The summed E-state index contributed by atoms with van der Waals surface area (Å²) in [4.78, 5) is 22.9. The second-order valence-electron chi connectivity index (χ2n) is 16.2. The molecule has 4 nitrogen and oxygen atoms in total. The summed E-state index contributed by atoms with van der Waals surface area (Å²) < 4.78 is 7.34. The fourth-order valence-corrected chi connectivity index (χ4v) is 9.78. The van der Waals surface area contributed by atoms with E-state index in [1.54, 1.807) is 6.92 Å². The van der Waals surface area contributed by atoms with Gasteiger partial charge >= 0.3 is 5.97 Å². The van der Waals surface area contributed by atoms with Crippen LogP contribution in [0, 0.1) is 29.6 Å². The molecule has 4 fully saturated rings. The minimum Gasteiger partial charge on any atom is -0.459 e. The molecular formula is C51H59NO3. The number of hydrogen-bond acceptors (Lipinski definition) is 3. The van der Waals surface area contributed by atoms with Crippen LogP contribution in [0.5, 0.6) is 0 Å². The first-order chi connectivity index (χ1) is 26.7. The Bertz CT molecular complexity index is 2110. The van der Waals surface area contributed by atoms with E-state index in [4.69, 9.17) is 4.74 Å². The fourth-order valence-electron chi connectivity index (χ4n) is 9.78. The van der Waals surface area contributed by atoms with Gasteiger partial charge in [-0.2, -0.15) is 0 Å². The van der Waals surface area contributed by atoms with Gasteiger partial charge in [0.15, 0.2) is 5.78 Å². The molecule has 5 atom stereocenters. The highest BCUT2D eigenvalue weighted by Crippen LogP contribution is 2.61. The number of ether oxygens (including phenoxy) is 1. The van der Waals surface area contributed by atoms with Crippen LogP contribution in [-0.2, 0) is 14.3 Å².